The minimum Gasteiger partial charge on any atom is -0.396 e. The molecule has 1 spiro atoms. The summed E-state index contributed by atoms with van der Waals surface area (Å²) in [6.07, 6.45) is 24.9. The Kier molecular flexibility index (Phi) is 20.9. The molecule has 0 aromatic heterocycles. The van der Waals surface area contributed by atoms with Gasteiger partial charge in [0, 0.05) is 49.7 Å². The van der Waals surface area contributed by atoms with E-state index in [1.165, 1.54) is 54.4 Å². The van der Waals surface area contributed by atoms with Gasteiger partial charge in [-0.1, -0.05) is 134 Å². The van der Waals surface area contributed by atoms with Crippen molar-refractivity contribution >= 4 is 6.29 Å². The van der Waals surface area contributed by atoms with Crippen LogP contribution in [-0.4, -0.2) is 115 Å². The summed E-state index contributed by atoms with van der Waals surface area (Å²) in [7, 11) is 3.69. The Morgan fingerprint density at radius 1 is 1.01 bits per heavy atom. The first-order chi connectivity index (χ1) is 35.4. The summed E-state index contributed by atoms with van der Waals surface area (Å²) in [5, 5.41) is 64.2. The molecule has 10 heteroatoms. The Morgan fingerprint density at radius 2 is 1.81 bits per heavy atom. The number of aldehydes is 1. The topological polar surface area (TPSA) is 161 Å². The second-order valence-electron chi connectivity index (χ2n) is 22.7. The number of allylic oxidation sites excluding steroid dienone is 9. The molecule has 2 aromatic rings. The van der Waals surface area contributed by atoms with Gasteiger partial charge in [-0.3, -0.25) is 4.79 Å². The van der Waals surface area contributed by atoms with Gasteiger partial charge in [0.2, 0.25) is 0 Å². The number of rotatable bonds is 22. The number of aliphatic hydroxyl groups excluding tert-OH is 4. The van der Waals surface area contributed by atoms with E-state index >= 15 is 0 Å². The van der Waals surface area contributed by atoms with Crippen LogP contribution in [0.5, 0.6) is 0 Å². The molecule has 11 unspecified atom stereocenters. The average molecular weight is 1000 g/mol. The van der Waals surface area contributed by atoms with Gasteiger partial charge < -0.3 is 45.6 Å². The Hall–Kier alpha value is -3.81. The average Bonchev–Trinajstić information content (AvgIpc) is 3.76. The van der Waals surface area contributed by atoms with E-state index in [9.17, 15) is 30.3 Å². The van der Waals surface area contributed by atoms with Gasteiger partial charge in [0.05, 0.1) is 31.5 Å². The monoisotopic (exact) mass is 1000 g/mol. The summed E-state index contributed by atoms with van der Waals surface area (Å²) >= 11 is 0. The number of hydrogen-bond donors (Lipinski definition) is 7. The molecule has 0 amide bonds. The third-order valence-electron chi connectivity index (χ3n) is 18.3. The first-order valence-corrected chi connectivity index (χ1v) is 27.8. The van der Waals surface area contributed by atoms with Gasteiger partial charge in [-0.15, -0.1) is 0 Å². The first-order valence-electron chi connectivity index (χ1n) is 27.8. The van der Waals surface area contributed by atoms with Crippen LogP contribution in [0, 0.1) is 40.9 Å². The van der Waals surface area contributed by atoms with Crippen LogP contribution < -0.4 is 10.6 Å². The Balaban J connectivity index is 1.26. The smallest absolute Gasteiger partial charge is 0.145 e. The lowest BCUT2D eigenvalue weighted by Gasteiger charge is -2.61. The van der Waals surface area contributed by atoms with Gasteiger partial charge in [0.15, 0.2) is 0 Å². The zero-order valence-corrected chi connectivity index (χ0v) is 44.7. The van der Waals surface area contributed by atoms with Crippen molar-refractivity contribution in [1.29, 1.82) is 0 Å². The molecule has 5 aliphatic rings. The van der Waals surface area contributed by atoms with Crippen LogP contribution in [0.25, 0.3) is 0 Å². The molecule has 7 rings (SSSR count). The third kappa shape index (κ3) is 13.1. The molecular weight excluding hydrogens is 913 g/mol. The lowest BCUT2D eigenvalue weighted by Crippen LogP contribution is -2.65. The quantitative estimate of drug-likeness (QED) is 0.0263. The van der Waals surface area contributed by atoms with E-state index < -0.39 is 35.7 Å². The van der Waals surface area contributed by atoms with Crippen molar-refractivity contribution in [3.63, 3.8) is 0 Å². The number of fused-ring (bicyclic) bond motifs is 5. The van der Waals surface area contributed by atoms with Crippen LogP contribution in [0.3, 0.4) is 0 Å². The number of benzene rings is 2. The molecule has 1 heterocycles. The van der Waals surface area contributed by atoms with E-state index in [1.54, 1.807) is 0 Å². The highest BCUT2D eigenvalue weighted by atomic mass is 16.5. The molecule has 4 aliphatic carbocycles. The number of aryl methyl sites for hydroxylation is 1. The zero-order chi connectivity index (χ0) is 52.0. The number of methoxy groups -OCH3 is 1. The molecule has 2 aromatic carbocycles. The van der Waals surface area contributed by atoms with E-state index in [-0.39, 0.29) is 54.9 Å². The summed E-state index contributed by atoms with van der Waals surface area (Å²) in [4.78, 5) is 12.6. The first kappa shape index (κ1) is 56.9. The Labute approximate surface area is 437 Å². The second kappa shape index (κ2) is 26.8. The van der Waals surface area contributed by atoms with Crippen molar-refractivity contribution in [3.8, 4) is 0 Å². The van der Waals surface area contributed by atoms with E-state index in [0.717, 1.165) is 68.3 Å². The Bertz CT molecular complexity index is 2260. The van der Waals surface area contributed by atoms with Crippen LogP contribution in [-0.2, 0) is 27.1 Å². The molecule has 3 saturated carbocycles. The number of ether oxygens (including phenoxy) is 2. The van der Waals surface area contributed by atoms with Crippen LogP contribution in [0.15, 0.2) is 125 Å². The van der Waals surface area contributed by atoms with E-state index in [2.05, 4.69) is 96.5 Å². The normalized spacial score (nSPS) is 32.3. The predicted octanol–water partition coefficient (Wildman–Crippen LogP) is 9.08. The van der Waals surface area contributed by atoms with Crippen LogP contribution in [0.1, 0.15) is 120 Å². The molecule has 73 heavy (non-hydrogen) atoms. The van der Waals surface area contributed by atoms with Crippen molar-refractivity contribution in [2.75, 3.05) is 60.3 Å². The maximum absolute atomic E-state index is 13.2. The highest BCUT2D eigenvalue weighted by Crippen LogP contribution is 2.67. The molecule has 0 saturated heterocycles. The van der Waals surface area contributed by atoms with Crippen LogP contribution in [0.2, 0.25) is 0 Å². The van der Waals surface area contributed by atoms with Crippen LogP contribution >= 0.6 is 0 Å². The Morgan fingerprint density at radius 3 is 2.53 bits per heavy atom. The van der Waals surface area contributed by atoms with Crippen molar-refractivity contribution in [2.24, 2.45) is 40.9 Å². The molecule has 10 nitrogen and oxygen atoms in total. The summed E-state index contributed by atoms with van der Waals surface area (Å²) in [5.41, 5.74) is 6.35. The fourth-order valence-corrected chi connectivity index (χ4v) is 14.5. The number of aliphatic hydroxyl groups is 5. The molecule has 4 bridgehead atoms. The number of nitrogens with one attached hydrogen (secondary N) is 2. The predicted molar refractivity (Wildman–Crippen MR) is 293 cm³/mol. The van der Waals surface area contributed by atoms with E-state index in [4.69, 9.17) is 16.1 Å². The summed E-state index contributed by atoms with van der Waals surface area (Å²) in [5.74, 6) is -0.313. The van der Waals surface area contributed by atoms with E-state index in [1.807, 2.05) is 33.2 Å². The van der Waals surface area contributed by atoms with Gasteiger partial charge in [0.1, 0.15) is 12.4 Å². The van der Waals surface area contributed by atoms with Gasteiger partial charge in [0.25, 0.3) is 0 Å². The highest BCUT2D eigenvalue weighted by Gasteiger charge is 2.68. The maximum Gasteiger partial charge on any atom is 0.145 e. The van der Waals surface area contributed by atoms with Crippen molar-refractivity contribution < 1.29 is 39.8 Å². The fraction of sp³-hybridized carbons (Fsp3) is 0.603. The standard InChI is InChI=1S/C63H90N2O8/c1-44-22-26-55(56(27-23-47-15-8-6-9-16-47)50-18-13-17-48(36-50)37-61(65-39-44,32-35-72-5)53-20-10-7-11-21-53)45(2)14-12-19-52(42-73-43-54(69)41-68)57-28-30-63(60(57)70)59-49(29-34-66)24-25-51(58(59)46(3)40-67)38-62(63,71)31-33-64-4/h6,8-9,12-19,22,24-25,36,40,49,51,53-57,59-60,64-66,68-71H,2,7,10-11,20-21,23,26-35,37-39,41-43H2,1,3-5H3. The molecular formula is C63H90N2O8. The zero-order valence-electron chi connectivity index (χ0n) is 44.7. The van der Waals surface area contributed by atoms with Crippen molar-refractivity contribution in [2.45, 2.75) is 139 Å². The van der Waals surface area contributed by atoms with Gasteiger partial charge in [-0.05, 0) is 162 Å². The van der Waals surface area contributed by atoms with Crippen molar-refractivity contribution in [1.82, 2.24) is 10.6 Å². The van der Waals surface area contributed by atoms with Gasteiger partial charge in [-0.25, -0.2) is 0 Å². The summed E-state index contributed by atoms with van der Waals surface area (Å²) in [6.45, 7) is 10.5. The number of carbonyl (C=O) groups excluding carboxylic acids is 1. The minimum absolute atomic E-state index is 0.0587. The molecule has 11 atom stereocenters. The highest BCUT2D eigenvalue weighted by molar-refractivity contribution is 5.74. The molecule has 3 fully saturated rings. The fourth-order valence-electron chi connectivity index (χ4n) is 14.5. The number of carbonyl (C=O) groups is 1. The maximum atomic E-state index is 13.2. The van der Waals surface area contributed by atoms with Gasteiger partial charge in [-0.2, -0.15) is 0 Å². The molecule has 400 valence electrons. The molecule has 1 aliphatic heterocycles. The molecule has 7 N–H and O–H groups in total. The van der Waals surface area contributed by atoms with E-state index in [0.29, 0.717) is 50.1 Å². The third-order valence-corrected chi connectivity index (χ3v) is 18.3. The SMILES string of the molecule is C=C(C=CC=C(COCC(O)CO)C1CCC2(C1O)C1C(=C(C)C=O)C(C=CC1CCO)CC2(O)CCNC)C1CC=C(C)CNC(CCOC)(C2CCCCC2)Cc2cccc(c2)C1CCc1ccccc1. The lowest BCUT2D eigenvalue weighted by atomic mass is 9.45. The second-order valence-corrected chi connectivity index (χ2v) is 22.7. The summed E-state index contributed by atoms with van der Waals surface area (Å²) < 4.78 is 11.9. The summed E-state index contributed by atoms with van der Waals surface area (Å²) in [6, 6.07) is 20.1. The largest absolute Gasteiger partial charge is 0.396 e. The minimum atomic E-state index is -1.28. The molecule has 0 radical (unpaired) electrons. The lowest BCUT2D eigenvalue weighted by molar-refractivity contribution is -0.194. The van der Waals surface area contributed by atoms with Crippen LogP contribution in [0.4, 0.5) is 0 Å². The number of hydrogen-bond acceptors (Lipinski definition) is 10. The van der Waals surface area contributed by atoms with Gasteiger partial charge >= 0.3 is 0 Å². The van der Waals surface area contributed by atoms with Crippen molar-refractivity contribution in [3.05, 3.63) is 142 Å².